The van der Waals surface area contributed by atoms with Gasteiger partial charge >= 0.3 is 6.36 Å². The lowest BCUT2D eigenvalue weighted by atomic mass is 10.2. The molecule has 0 aliphatic heterocycles. The SMILES string of the molecule is NNc1ncccc1COc1ccc(OC(F)(F)F)cc1. The summed E-state index contributed by atoms with van der Waals surface area (Å²) in [5, 5.41) is 0. The van der Waals surface area contributed by atoms with Crippen molar-refractivity contribution >= 4 is 5.82 Å². The van der Waals surface area contributed by atoms with Gasteiger partial charge in [0.05, 0.1) is 0 Å². The Hall–Kier alpha value is -2.48. The molecule has 1 heterocycles. The van der Waals surface area contributed by atoms with Gasteiger partial charge in [-0.15, -0.1) is 13.2 Å². The molecule has 0 amide bonds. The highest BCUT2D eigenvalue weighted by Crippen LogP contribution is 2.25. The number of nitrogens with two attached hydrogens (primary N) is 1. The van der Waals surface area contributed by atoms with E-state index in [4.69, 9.17) is 10.6 Å². The largest absolute Gasteiger partial charge is 0.573 e. The average molecular weight is 299 g/mol. The molecule has 21 heavy (non-hydrogen) atoms. The first-order valence-electron chi connectivity index (χ1n) is 5.87. The first kappa shape index (κ1) is 14.9. The molecule has 0 aliphatic carbocycles. The highest BCUT2D eigenvalue weighted by Gasteiger charge is 2.30. The third kappa shape index (κ3) is 4.53. The minimum atomic E-state index is -4.71. The molecule has 0 spiro atoms. The van der Waals surface area contributed by atoms with Crippen molar-refractivity contribution in [2.75, 3.05) is 5.43 Å². The lowest BCUT2D eigenvalue weighted by Gasteiger charge is -2.11. The Morgan fingerprint density at radius 1 is 1.10 bits per heavy atom. The molecule has 0 bridgehead atoms. The second-order valence-corrected chi connectivity index (χ2v) is 3.96. The summed E-state index contributed by atoms with van der Waals surface area (Å²) in [4.78, 5) is 4.00. The number of hydrazine groups is 1. The van der Waals surface area contributed by atoms with Crippen LogP contribution >= 0.6 is 0 Å². The van der Waals surface area contributed by atoms with E-state index in [9.17, 15) is 13.2 Å². The molecule has 3 N–H and O–H groups in total. The molecule has 0 unspecified atom stereocenters. The molecule has 112 valence electrons. The van der Waals surface area contributed by atoms with Crippen LogP contribution in [0.25, 0.3) is 0 Å². The minimum absolute atomic E-state index is 0.173. The maximum Gasteiger partial charge on any atom is 0.573 e. The molecule has 0 aliphatic rings. The maximum absolute atomic E-state index is 12.0. The van der Waals surface area contributed by atoms with Crippen LogP contribution in [0.3, 0.4) is 0 Å². The summed E-state index contributed by atoms with van der Waals surface area (Å²) >= 11 is 0. The second-order valence-electron chi connectivity index (χ2n) is 3.96. The fraction of sp³-hybridized carbons (Fsp3) is 0.154. The van der Waals surface area contributed by atoms with Crippen LogP contribution in [0, 0.1) is 0 Å². The molecule has 0 saturated carbocycles. The molecular formula is C13H12F3N3O2. The van der Waals surface area contributed by atoms with Crippen LogP contribution in [-0.4, -0.2) is 11.3 Å². The number of anilines is 1. The van der Waals surface area contributed by atoms with Crippen LogP contribution in [0.2, 0.25) is 0 Å². The number of pyridine rings is 1. The number of nitrogens with zero attached hydrogens (tertiary/aromatic N) is 1. The number of nitrogens with one attached hydrogen (secondary N) is 1. The number of nitrogen functional groups attached to an aromatic ring is 1. The number of halogens is 3. The molecule has 0 radical (unpaired) electrons. The number of hydrogen-bond donors (Lipinski definition) is 2. The Labute approximate surface area is 118 Å². The highest BCUT2D eigenvalue weighted by atomic mass is 19.4. The molecular weight excluding hydrogens is 287 g/mol. The van der Waals surface area contributed by atoms with Crippen LogP contribution in [0.4, 0.5) is 19.0 Å². The number of ether oxygens (including phenoxy) is 2. The Morgan fingerprint density at radius 2 is 1.76 bits per heavy atom. The van der Waals surface area contributed by atoms with Gasteiger partial charge in [0.2, 0.25) is 0 Å². The van der Waals surface area contributed by atoms with Crippen LogP contribution < -0.4 is 20.7 Å². The molecule has 8 heteroatoms. The van der Waals surface area contributed by atoms with Crippen molar-refractivity contribution in [3.8, 4) is 11.5 Å². The summed E-state index contributed by atoms with van der Waals surface area (Å²) in [6, 6.07) is 8.60. The number of benzene rings is 1. The minimum Gasteiger partial charge on any atom is -0.489 e. The van der Waals surface area contributed by atoms with E-state index in [1.54, 1.807) is 18.3 Å². The van der Waals surface area contributed by atoms with E-state index < -0.39 is 6.36 Å². The third-order valence-electron chi connectivity index (χ3n) is 2.48. The molecule has 5 nitrogen and oxygen atoms in total. The molecule has 2 aromatic rings. The molecule has 0 saturated heterocycles. The van der Waals surface area contributed by atoms with Gasteiger partial charge in [-0.1, -0.05) is 6.07 Å². The van der Waals surface area contributed by atoms with Crippen LogP contribution in [0.5, 0.6) is 11.5 Å². The zero-order valence-electron chi connectivity index (χ0n) is 10.7. The van der Waals surface area contributed by atoms with E-state index in [1.807, 2.05) is 0 Å². The van der Waals surface area contributed by atoms with Gasteiger partial charge in [-0.05, 0) is 30.3 Å². The van der Waals surface area contributed by atoms with Crippen LogP contribution in [-0.2, 0) is 6.61 Å². The van der Waals surface area contributed by atoms with Gasteiger partial charge in [0.25, 0.3) is 0 Å². The maximum atomic E-state index is 12.0. The van der Waals surface area contributed by atoms with Gasteiger partial charge in [0, 0.05) is 11.8 Å². The van der Waals surface area contributed by atoms with Gasteiger partial charge in [0.1, 0.15) is 23.9 Å². The zero-order valence-corrected chi connectivity index (χ0v) is 10.7. The Balaban J connectivity index is 1.98. The quantitative estimate of drug-likeness (QED) is 0.656. The molecule has 2 rings (SSSR count). The molecule has 0 atom stereocenters. The Kier molecular flexibility index (Phi) is 4.49. The Bertz CT molecular complexity index is 588. The first-order chi connectivity index (χ1) is 9.98. The van der Waals surface area contributed by atoms with Crippen molar-refractivity contribution in [1.29, 1.82) is 0 Å². The van der Waals surface area contributed by atoms with E-state index in [1.165, 1.54) is 24.3 Å². The number of alkyl halides is 3. The number of aromatic nitrogens is 1. The van der Waals surface area contributed by atoms with Gasteiger partial charge < -0.3 is 14.9 Å². The zero-order chi connectivity index (χ0) is 15.3. The van der Waals surface area contributed by atoms with Gasteiger partial charge in [-0.3, -0.25) is 0 Å². The smallest absolute Gasteiger partial charge is 0.489 e. The predicted octanol–water partition coefficient (Wildman–Crippen LogP) is 2.84. The Morgan fingerprint density at radius 3 is 2.38 bits per heavy atom. The predicted molar refractivity (Wildman–Crippen MR) is 69.5 cm³/mol. The summed E-state index contributed by atoms with van der Waals surface area (Å²) in [6.45, 7) is 0.173. The van der Waals surface area contributed by atoms with Crippen molar-refractivity contribution in [3.05, 3.63) is 48.2 Å². The average Bonchev–Trinajstić information content (AvgIpc) is 2.45. The third-order valence-corrected chi connectivity index (χ3v) is 2.48. The van der Waals surface area contributed by atoms with Crippen LogP contribution in [0.15, 0.2) is 42.6 Å². The summed E-state index contributed by atoms with van der Waals surface area (Å²) in [5.74, 6) is 5.87. The number of hydrogen-bond acceptors (Lipinski definition) is 5. The highest BCUT2D eigenvalue weighted by molar-refractivity contribution is 5.42. The van der Waals surface area contributed by atoms with Gasteiger partial charge in [0.15, 0.2) is 0 Å². The van der Waals surface area contributed by atoms with E-state index in [2.05, 4.69) is 15.1 Å². The normalized spacial score (nSPS) is 11.0. The monoisotopic (exact) mass is 299 g/mol. The summed E-state index contributed by atoms with van der Waals surface area (Å²) in [6.07, 6.45) is -3.14. The summed E-state index contributed by atoms with van der Waals surface area (Å²) < 4.78 is 45.3. The van der Waals surface area contributed by atoms with Crippen LogP contribution in [0.1, 0.15) is 5.56 Å². The fourth-order valence-electron chi connectivity index (χ4n) is 1.58. The van der Waals surface area contributed by atoms with Gasteiger partial charge in [-0.2, -0.15) is 0 Å². The molecule has 1 aromatic carbocycles. The van der Waals surface area contributed by atoms with Gasteiger partial charge in [-0.25, -0.2) is 10.8 Å². The lowest BCUT2D eigenvalue weighted by molar-refractivity contribution is -0.274. The standard InChI is InChI=1S/C13H12F3N3O2/c14-13(15,16)21-11-5-3-10(4-6-11)20-8-9-2-1-7-18-12(9)19-17/h1-7H,8,17H2,(H,18,19). The van der Waals surface area contributed by atoms with Crippen molar-refractivity contribution in [1.82, 2.24) is 4.98 Å². The van der Waals surface area contributed by atoms with Crippen molar-refractivity contribution in [2.45, 2.75) is 13.0 Å². The fourth-order valence-corrected chi connectivity index (χ4v) is 1.58. The first-order valence-corrected chi connectivity index (χ1v) is 5.87. The summed E-state index contributed by atoms with van der Waals surface area (Å²) in [5.41, 5.74) is 3.15. The van der Waals surface area contributed by atoms with Crippen molar-refractivity contribution in [3.63, 3.8) is 0 Å². The summed E-state index contributed by atoms with van der Waals surface area (Å²) in [7, 11) is 0. The van der Waals surface area contributed by atoms with Crippen molar-refractivity contribution < 1.29 is 22.6 Å². The topological polar surface area (TPSA) is 69.4 Å². The number of rotatable bonds is 5. The second kappa shape index (κ2) is 6.31. The lowest BCUT2D eigenvalue weighted by Crippen LogP contribution is -2.17. The van der Waals surface area contributed by atoms with E-state index in [0.29, 0.717) is 11.6 Å². The van der Waals surface area contributed by atoms with Crippen molar-refractivity contribution in [2.24, 2.45) is 5.84 Å². The van der Waals surface area contributed by atoms with E-state index in [0.717, 1.165) is 5.56 Å². The molecule has 0 fully saturated rings. The molecule has 1 aromatic heterocycles. The van der Waals surface area contributed by atoms with E-state index >= 15 is 0 Å². The van der Waals surface area contributed by atoms with E-state index in [-0.39, 0.29) is 12.4 Å².